The van der Waals surface area contributed by atoms with Crippen LogP contribution in [0.5, 0.6) is 5.88 Å². The first-order valence-corrected chi connectivity index (χ1v) is 8.48. The van der Waals surface area contributed by atoms with Gasteiger partial charge in [-0.25, -0.2) is 9.97 Å². The zero-order chi connectivity index (χ0) is 17.8. The number of carbonyl (C=O) groups is 1. The summed E-state index contributed by atoms with van der Waals surface area (Å²) < 4.78 is 5.57. The first-order chi connectivity index (χ1) is 12.1. The molecule has 0 spiro atoms. The Kier molecular flexibility index (Phi) is 5.11. The fraction of sp³-hybridized carbons (Fsp3) is 0.444. The maximum absolute atomic E-state index is 12.7. The molecule has 7 nitrogen and oxygen atoms in total. The molecule has 7 heteroatoms. The highest BCUT2D eigenvalue weighted by molar-refractivity contribution is 5.94. The summed E-state index contributed by atoms with van der Waals surface area (Å²) in [5, 5.41) is 0. The summed E-state index contributed by atoms with van der Waals surface area (Å²) in [6.07, 6.45) is 5.81. The third-order valence-electron chi connectivity index (χ3n) is 4.42. The molecule has 1 aliphatic rings. The average molecular weight is 341 g/mol. The van der Waals surface area contributed by atoms with Crippen LogP contribution in [0.2, 0.25) is 0 Å². The molecule has 1 fully saturated rings. The number of amides is 1. The van der Waals surface area contributed by atoms with Crippen molar-refractivity contribution in [2.75, 3.05) is 31.6 Å². The van der Waals surface area contributed by atoms with Crippen molar-refractivity contribution in [3.63, 3.8) is 0 Å². The lowest BCUT2D eigenvalue weighted by molar-refractivity contribution is 0.0744. The highest BCUT2D eigenvalue weighted by atomic mass is 16.5. The number of pyridine rings is 1. The third-order valence-corrected chi connectivity index (χ3v) is 4.42. The van der Waals surface area contributed by atoms with Gasteiger partial charge in [0.25, 0.3) is 11.8 Å². The van der Waals surface area contributed by atoms with Crippen LogP contribution in [0.4, 0.5) is 5.82 Å². The predicted molar refractivity (Wildman–Crippen MR) is 94.9 cm³/mol. The van der Waals surface area contributed by atoms with Crippen LogP contribution in [-0.2, 0) is 0 Å². The van der Waals surface area contributed by atoms with Crippen molar-refractivity contribution in [3.8, 4) is 5.88 Å². The Hall–Kier alpha value is -2.70. The lowest BCUT2D eigenvalue weighted by Gasteiger charge is -2.25. The highest BCUT2D eigenvalue weighted by Gasteiger charge is 2.31. The number of hydrogen-bond donors (Lipinski definition) is 0. The van der Waals surface area contributed by atoms with E-state index < -0.39 is 0 Å². The minimum absolute atomic E-state index is 0.0106. The fourth-order valence-electron chi connectivity index (χ4n) is 2.99. The van der Waals surface area contributed by atoms with Crippen LogP contribution >= 0.6 is 0 Å². The monoisotopic (exact) mass is 341 g/mol. The van der Waals surface area contributed by atoms with E-state index in [2.05, 4.69) is 19.9 Å². The summed E-state index contributed by atoms with van der Waals surface area (Å²) in [6, 6.07) is 3.80. The van der Waals surface area contributed by atoms with Gasteiger partial charge in [0.15, 0.2) is 5.82 Å². The van der Waals surface area contributed by atoms with Gasteiger partial charge in [0.2, 0.25) is 0 Å². The van der Waals surface area contributed by atoms with Gasteiger partial charge in [-0.3, -0.25) is 9.78 Å². The van der Waals surface area contributed by atoms with E-state index in [1.54, 1.807) is 23.5 Å². The molecular weight excluding hydrogens is 318 g/mol. The quantitative estimate of drug-likeness (QED) is 0.827. The molecular formula is C18H23N5O2. The van der Waals surface area contributed by atoms with Gasteiger partial charge in [0.1, 0.15) is 0 Å². The molecule has 0 bridgehead atoms. The molecule has 2 aromatic heterocycles. The van der Waals surface area contributed by atoms with Crippen molar-refractivity contribution >= 4 is 11.7 Å². The second-order valence-electron chi connectivity index (χ2n) is 6.11. The third kappa shape index (κ3) is 3.70. The maximum Gasteiger partial charge on any atom is 0.257 e. The van der Waals surface area contributed by atoms with Crippen molar-refractivity contribution in [2.45, 2.75) is 26.3 Å². The van der Waals surface area contributed by atoms with Crippen LogP contribution in [0, 0.1) is 6.92 Å². The van der Waals surface area contributed by atoms with Crippen molar-refractivity contribution < 1.29 is 9.53 Å². The van der Waals surface area contributed by atoms with Crippen molar-refractivity contribution in [1.82, 2.24) is 19.9 Å². The Labute approximate surface area is 147 Å². The number of hydrogen-bond acceptors (Lipinski definition) is 6. The number of carbonyl (C=O) groups excluding carboxylic acids is 1. The van der Waals surface area contributed by atoms with E-state index in [0.717, 1.165) is 24.5 Å². The SMILES string of the molecule is CCOc1nccnc1N1CC[C@@H](N(C)C(=O)c2ccc(C)nc2)C1. The molecule has 3 rings (SSSR count). The molecule has 132 valence electrons. The van der Waals surface area contributed by atoms with Gasteiger partial charge in [-0.1, -0.05) is 0 Å². The first-order valence-electron chi connectivity index (χ1n) is 8.48. The molecule has 0 aliphatic carbocycles. The molecule has 25 heavy (non-hydrogen) atoms. The van der Waals surface area contributed by atoms with E-state index in [-0.39, 0.29) is 11.9 Å². The topological polar surface area (TPSA) is 71.5 Å². The summed E-state index contributed by atoms with van der Waals surface area (Å²) in [6.45, 7) is 5.90. The van der Waals surface area contributed by atoms with Crippen LogP contribution < -0.4 is 9.64 Å². The second-order valence-corrected chi connectivity index (χ2v) is 6.11. The lowest BCUT2D eigenvalue weighted by Crippen LogP contribution is -2.39. The molecule has 0 unspecified atom stereocenters. The molecule has 3 heterocycles. The van der Waals surface area contributed by atoms with E-state index in [0.29, 0.717) is 24.6 Å². The average Bonchev–Trinajstić information content (AvgIpc) is 3.12. The summed E-state index contributed by atoms with van der Waals surface area (Å²) in [5.41, 5.74) is 1.51. The minimum atomic E-state index is -0.0106. The van der Waals surface area contributed by atoms with E-state index in [9.17, 15) is 4.79 Å². The summed E-state index contributed by atoms with van der Waals surface area (Å²) in [5.74, 6) is 1.27. The Morgan fingerprint density at radius 1 is 1.32 bits per heavy atom. The maximum atomic E-state index is 12.7. The zero-order valence-corrected chi connectivity index (χ0v) is 14.8. The molecule has 2 aromatic rings. The van der Waals surface area contributed by atoms with Crippen molar-refractivity contribution in [2.24, 2.45) is 0 Å². The van der Waals surface area contributed by atoms with Gasteiger partial charge >= 0.3 is 0 Å². The number of nitrogens with zero attached hydrogens (tertiary/aromatic N) is 5. The molecule has 1 saturated heterocycles. The lowest BCUT2D eigenvalue weighted by atomic mass is 10.2. The number of aryl methyl sites for hydroxylation is 1. The van der Waals surface area contributed by atoms with Gasteiger partial charge < -0.3 is 14.5 Å². The molecule has 1 atom stereocenters. The Morgan fingerprint density at radius 3 is 2.84 bits per heavy atom. The van der Waals surface area contributed by atoms with Gasteiger partial charge in [-0.05, 0) is 32.4 Å². The van der Waals surface area contributed by atoms with E-state index >= 15 is 0 Å². The van der Waals surface area contributed by atoms with Crippen LogP contribution in [-0.4, -0.2) is 58.5 Å². The molecule has 1 amide bonds. The summed E-state index contributed by atoms with van der Waals surface area (Å²) >= 11 is 0. The molecule has 1 aliphatic heterocycles. The van der Waals surface area contributed by atoms with Crippen molar-refractivity contribution in [1.29, 1.82) is 0 Å². The van der Waals surface area contributed by atoms with Crippen LogP contribution in [0.25, 0.3) is 0 Å². The predicted octanol–water partition coefficient (Wildman–Crippen LogP) is 1.93. The number of ether oxygens (including phenoxy) is 1. The normalized spacial score (nSPS) is 16.8. The van der Waals surface area contributed by atoms with Crippen molar-refractivity contribution in [3.05, 3.63) is 42.0 Å². The first kappa shape index (κ1) is 17.1. The molecule has 0 radical (unpaired) electrons. The summed E-state index contributed by atoms with van der Waals surface area (Å²) in [7, 11) is 1.84. The second kappa shape index (κ2) is 7.46. The van der Waals surface area contributed by atoms with Crippen LogP contribution in [0.15, 0.2) is 30.7 Å². The Bertz CT molecular complexity index is 735. The van der Waals surface area contributed by atoms with E-state index in [1.807, 2.05) is 33.0 Å². The van der Waals surface area contributed by atoms with Gasteiger partial charge in [-0.2, -0.15) is 0 Å². The largest absolute Gasteiger partial charge is 0.475 e. The highest BCUT2D eigenvalue weighted by Crippen LogP contribution is 2.27. The van der Waals surface area contributed by atoms with E-state index in [4.69, 9.17) is 4.74 Å². The van der Waals surface area contributed by atoms with E-state index in [1.165, 1.54) is 0 Å². The summed E-state index contributed by atoms with van der Waals surface area (Å²) in [4.78, 5) is 29.5. The molecule has 0 aromatic carbocycles. The molecule has 0 saturated carbocycles. The number of anilines is 1. The van der Waals surface area contributed by atoms with Crippen LogP contribution in [0.3, 0.4) is 0 Å². The van der Waals surface area contributed by atoms with Gasteiger partial charge in [0.05, 0.1) is 18.2 Å². The van der Waals surface area contributed by atoms with Crippen LogP contribution in [0.1, 0.15) is 29.4 Å². The van der Waals surface area contributed by atoms with Gasteiger partial charge in [0, 0.05) is 44.4 Å². The minimum Gasteiger partial charge on any atom is -0.475 e. The Balaban J connectivity index is 1.70. The zero-order valence-electron chi connectivity index (χ0n) is 14.8. The van der Waals surface area contributed by atoms with Gasteiger partial charge in [-0.15, -0.1) is 0 Å². The number of rotatable bonds is 5. The number of likely N-dealkylation sites (N-methyl/N-ethyl adjacent to an activating group) is 1. The number of aromatic nitrogens is 3. The fourth-order valence-corrected chi connectivity index (χ4v) is 2.99. The smallest absolute Gasteiger partial charge is 0.257 e. The Morgan fingerprint density at radius 2 is 2.12 bits per heavy atom. The standard InChI is InChI=1S/C18H23N5O2/c1-4-25-17-16(19-8-9-20-17)23-10-7-15(12-23)22(3)18(24)14-6-5-13(2)21-11-14/h5-6,8-9,11,15H,4,7,10,12H2,1-3H3/t15-/m1/s1. The molecule has 0 N–H and O–H groups in total.